The van der Waals surface area contributed by atoms with E-state index in [0.717, 1.165) is 6.42 Å². The zero-order valence-electron chi connectivity index (χ0n) is 10.9. The Morgan fingerprint density at radius 1 is 1.42 bits per heavy atom. The molecule has 0 saturated heterocycles. The molecule has 3 amide bonds. The summed E-state index contributed by atoms with van der Waals surface area (Å²) in [5, 5.41) is 5.70. The monoisotopic (exact) mass is 283 g/mol. The van der Waals surface area contributed by atoms with Crippen molar-refractivity contribution in [1.82, 2.24) is 5.32 Å². The quantitative estimate of drug-likeness (QED) is 0.775. The van der Waals surface area contributed by atoms with Crippen molar-refractivity contribution in [2.45, 2.75) is 26.3 Å². The Hall–Kier alpha value is -1.75. The van der Waals surface area contributed by atoms with Gasteiger partial charge in [-0.2, -0.15) is 0 Å². The maximum absolute atomic E-state index is 12.1. The molecule has 0 aliphatic carbocycles. The molecule has 5 nitrogen and oxygen atoms in total. The van der Waals surface area contributed by atoms with E-state index < -0.39 is 12.1 Å². The number of primary amides is 1. The van der Waals surface area contributed by atoms with Gasteiger partial charge in [-0.3, -0.25) is 4.79 Å². The Bertz CT molecular complexity index is 465. The summed E-state index contributed by atoms with van der Waals surface area (Å²) in [6, 6.07) is 5.43. The number of nitrogens with one attached hydrogen (secondary N) is 2. The lowest BCUT2D eigenvalue weighted by Gasteiger charge is -2.22. The van der Waals surface area contributed by atoms with Crippen LogP contribution in [0.2, 0.25) is 5.02 Å². The lowest BCUT2D eigenvalue weighted by molar-refractivity contribution is -0.119. The van der Waals surface area contributed by atoms with Crippen molar-refractivity contribution in [3.05, 3.63) is 29.3 Å². The van der Waals surface area contributed by atoms with E-state index in [9.17, 15) is 9.59 Å². The molecular formula is C13H18ClN3O2. The maximum atomic E-state index is 12.1. The topological polar surface area (TPSA) is 84.2 Å². The molecule has 1 rings (SSSR count). The highest BCUT2D eigenvalue weighted by molar-refractivity contribution is 6.30. The van der Waals surface area contributed by atoms with Gasteiger partial charge in [-0.25, -0.2) is 4.79 Å². The Kier molecular flexibility index (Phi) is 5.63. The normalized spacial score (nSPS) is 13.4. The smallest absolute Gasteiger partial charge is 0.312 e. The molecule has 0 heterocycles. The van der Waals surface area contributed by atoms with Crippen LogP contribution < -0.4 is 16.4 Å². The minimum absolute atomic E-state index is 0.0216. The van der Waals surface area contributed by atoms with Crippen LogP contribution in [-0.2, 0) is 4.79 Å². The van der Waals surface area contributed by atoms with Crippen LogP contribution in [0.5, 0.6) is 0 Å². The summed E-state index contributed by atoms with van der Waals surface area (Å²) in [4.78, 5) is 23.1. The van der Waals surface area contributed by atoms with E-state index in [2.05, 4.69) is 10.6 Å². The fourth-order valence-corrected chi connectivity index (χ4v) is 1.83. The SMILES string of the molecule is CCC(C)C(NC(N)=O)C(=O)Nc1cccc(Cl)c1. The molecule has 0 radical (unpaired) electrons. The average Bonchev–Trinajstić information content (AvgIpc) is 2.34. The highest BCUT2D eigenvalue weighted by Crippen LogP contribution is 2.16. The number of hydrogen-bond donors (Lipinski definition) is 3. The van der Waals surface area contributed by atoms with Gasteiger partial charge in [0.1, 0.15) is 6.04 Å². The first-order valence-corrected chi connectivity index (χ1v) is 6.44. The molecule has 19 heavy (non-hydrogen) atoms. The van der Waals surface area contributed by atoms with E-state index in [0.29, 0.717) is 10.7 Å². The molecule has 104 valence electrons. The minimum atomic E-state index is -0.716. The van der Waals surface area contributed by atoms with Gasteiger partial charge in [0.05, 0.1) is 0 Å². The molecule has 2 atom stereocenters. The van der Waals surface area contributed by atoms with Crippen LogP contribution in [0.3, 0.4) is 0 Å². The van der Waals surface area contributed by atoms with Crippen LogP contribution in [0.25, 0.3) is 0 Å². The summed E-state index contributed by atoms with van der Waals surface area (Å²) in [6.07, 6.45) is 0.744. The van der Waals surface area contributed by atoms with Gasteiger partial charge in [-0.05, 0) is 24.1 Å². The van der Waals surface area contributed by atoms with Gasteiger partial charge < -0.3 is 16.4 Å². The molecule has 1 aromatic carbocycles. The molecule has 0 aromatic heterocycles. The number of halogens is 1. The second kappa shape index (κ2) is 6.99. The zero-order valence-corrected chi connectivity index (χ0v) is 11.7. The standard InChI is InChI=1S/C13H18ClN3O2/c1-3-8(2)11(17-13(15)19)12(18)16-10-6-4-5-9(14)7-10/h4-8,11H,3H2,1-2H3,(H,16,18)(H3,15,17,19). The van der Waals surface area contributed by atoms with Crippen LogP contribution in [0.4, 0.5) is 10.5 Å². The fraction of sp³-hybridized carbons (Fsp3) is 0.385. The first-order chi connectivity index (χ1) is 8.93. The molecule has 0 bridgehead atoms. The number of amides is 3. The molecule has 0 saturated carbocycles. The Balaban J connectivity index is 2.79. The summed E-state index contributed by atoms with van der Waals surface area (Å²) in [5.74, 6) is -0.331. The second-order valence-electron chi connectivity index (χ2n) is 4.37. The molecule has 0 aliphatic heterocycles. The lowest BCUT2D eigenvalue weighted by atomic mass is 9.98. The number of nitrogens with two attached hydrogens (primary N) is 1. The molecule has 0 aliphatic rings. The average molecular weight is 284 g/mol. The Morgan fingerprint density at radius 3 is 2.63 bits per heavy atom. The first kappa shape index (κ1) is 15.3. The van der Waals surface area contributed by atoms with Gasteiger partial charge >= 0.3 is 6.03 Å². The lowest BCUT2D eigenvalue weighted by Crippen LogP contribution is -2.49. The molecule has 6 heteroatoms. The summed E-state index contributed by atoms with van der Waals surface area (Å²) >= 11 is 5.84. The number of carbonyl (C=O) groups excluding carboxylic acids is 2. The summed E-state index contributed by atoms with van der Waals surface area (Å²) in [7, 11) is 0. The molecule has 0 fully saturated rings. The van der Waals surface area contributed by atoms with E-state index in [1.54, 1.807) is 24.3 Å². The molecule has 1 aromatic rings. The zero-order chi connectivity index (χ0) is 14.4. The number of rotatable bonds is 5. The number of anilines is 1. The Morgan fingerprint density at radius 2 is 2.11 bits per heavy atom. The van der Waals surface area contributed by atoms with Crippen molar-refractivity contribution < 1.29 is 9.59 Å². The van der Waals surface area contributed by atoms with Crippen molar-refractivity contribution in [2.24, 2.45) is 11.7 Å². The first-order valence-electron chi connectivity index (χ1n) is 6.06. The van der Waals surface area contributed by atoms with Crippen molar-refractivity contribution in [3.63, 3.8) is 0 Å². The fourth-order valence-electron chi connectivity index (χ4n) is 1.64. The highest BCUT2D eigenvalue weighted by Gasteiger charge is 2.25. The van der Waals surface area contributed by atoms with Crippen molar-refractivity contribution in [1.29, 1.82) is 0 Å². The van der Waals surface area contributed by atoms with E-state index in [-0.39, 0.29) is 11.8 Å². The van der Waals surface area contributed by atoms with Gasteiger partial charge in [0.15, 0.2) is 0 Å². The van der Waals surface area contributed by atoms with Gasteiger partial charge in [-0.1, -0.05) is 37.9 Å². The van der Waals surface area contributed by atoms with E-state index in [4.69, 9.17) is 17.3 Å². The third-order valence-electron chi connectivity index (χ3n) is 2.89. The molecule has 4 N–H and O–H groups in total. The van der Waals surface area contributed by atoms with Crippen molar-refractivity contribution >= 4 is 29.2 Å². The van der Waals surface area contributed by atoms with Gasteiger partial charge in [0.2, 0.25) is 5.91 Å². The predicted octanol–water partition coefficient (Wildman–Crippen LogP) is 2.36. The number of hydrogen-bond acceptors (Lipinski definition) is 2. The minimum Gasteiger partial charge on any atom is -0.352 e. The van der Waals surface area contributed by atoms with Crippen molar-refractivity contribution in [3.8, 4) is 0 Å². The number of urea groups is 1. The second-order valence-corrected chi connectivity index (χ2v) is 4.81. The summed E-state index contributed by atoms with van der Waals surface area (Å²) < 4.78 is 0. The van der Waals surface area contributed by atoms with Crippen LogP contribution >= 0.6 is 11.6 Å². The van der Waals surface area contributed by atoms with E-state index in [1.807, 2.05) is 13.8 Å². The summed E-state index contributed by atoms with van der Waals surface area (Å²) in [6.45, 7) is 3.81. The van der Waals surface area contributed by atoms with Gasteiger partial charge in [0.25, 0.3) is 0 Å². The van der Waals surface area contributed by atoms with Crippen LogP contribution in [0, 0.1) is 5.92 Å². The Labute approximate surface area is 117 Å². The van der Waals surface area contributed by atoms with Crippen LogP contribution in [0.1, 0.15) is 20.3 Å². The number of carbonyl (C=O) groups is 2. The molecule has 2 unspecified atom stereocenters. The third kappa shape index (κ3) is 4.79. The van der Waals surface area contributed by atoms with Crippen molar-refractivity contribution in [2.75, 3.05) is 5.32 Å². The van der Waals surface area contributed by atoms with Crippen LogP contribution in [0.15, 0.2) is 24.3 Å². The molecule has 0 spiro atoms. The van der Waals surface area contributed by atoms with E-state index >= 15 is 0 Å². The third-order valence-corrected chi connectivity index (χ3v) is 3.12. The van der Waals surface area contributed by atoms with E-state index in [1.165, 1.54) is 0 Å². The number of benzene rings is 1. The maximum Gasteiger partial charge on any atom is 0.312 e. The van der Waals surface area contributed by atoms with Crippen LogP contribution in [-0.4, -0.2) is 18.0 Å². The van der Waals surface area contributed by atoms with Gasteiger partial charge in [0, 0.05) is 10.7 Å². The van der Waals surface area contributed by atoms with Gasteiger partial charge in [-0.15, -0.1) is 0 Å². The predicted molar refractivity (Wildman–Crippen MR) is 76.0 cm³/mol. The highest BCUT2D eigenvalue weighted by atomic mass is 35.5. The molecular weight excluding hydrogens is 266 g/mol. The largest absolute Gasteiger partial charge is 0.352 e. The summed E-state index contributed by atoms with van der Waals surface area (Å²) in [5.41, 5.74) is 5.67.